The van der Waals surface area contributed by atoms with E-state index < -0.39 is 0 Å². The van der Waals surface area contributed by atoms with Crippen molar-refractivity contribution in [2.45, 2.75) is 57.0 Å². The van der Waals surface area contributed by atoms with Crippen molar-refractivity contribution in [1.29, 1.82) is 0 Å². The molecule has 1 saturated heterocycles. The number of aryl methyl sites for hydroxylation is 1. The quantitative estimate of drug-likeness (QED) is 0.705. The summed E-state index contributed by atoms with van der Waals surface area (Å²) < 4.78 is 9.45. The van der Waals surface area contributed by atoms with E-state index in [0.717, 1.165) is 67.4 Å². The van der Waals surface area contributed by atoms with Gasteiger partial charge in [0, 0.05) is 32.1 Å². The molecule has 0 bridgehead atoms. The van der Waals surface area contributed by atoms with Gasteiger partial charge in [-0.2, -0.15) is 19.7 Å². The fourth-order valence-electron chi connectivity index (χ4n) is 5.22. The number of piperidine rings is 1. The van der Waals surface area contributed by atoms with Crippen LogP contribution < -0.4 is 14.7 Å². The molecular weight excluding hydrogens is 408 g/mol. The monoisotopic (exact) mass is 441 g/mol. The predicted octanol–water partition coefficient (Wildman–Crippen LogP) is 2.76. The molecule has 9 nitrogen and oxygen atoms in total. The summed E-state index contributed by atoms with van der Waals surface area (Å²) in [5, 5.41) is 26.9. The average Bonchev–Trinajstić information content (AvgIpc) is 3.16. The van der Waals surface area contributed by atoms with E-state index in [1.54, 1.807) is 7.11 Å². The Morgan fingerprint density at radius 1 is 1.09 bits per heavy atom. The van der Waals surface area contributed by atoms with Gasteiger partial charge in [-0.3, -0.25) is 9.89 Å². The van der Waals surface area contributed by atoms with Crippen LogP contribution in [0.4, 0.5) is 17.2 Å². The molecule has 172 valence electrons. The lowest BCUT2D eigenvalue weighted by molar-refractivity contribution is -0.445. The Kier molecular flexibility index (Phi) is 5.77. The van der Waals surface area contributed by atoms with Gasteiger partial charge in [0.2, 0.25) is 6.67 Å². The number of hydroxylamine groups is 1. The van der Waals surface area contributed by atoms with Crippen molar-refractivity contribution in [1.82, 2.24) is 14.8 Å². The molecule has 4 heterocycles. The lowest BCUT2D eigenvalue weighted by atomic mass is 9.86. The van der Waals surface area contributed by atoms with E-state index in [1.807, 2.05) is 34.7 Å². The lowest BCUT2D eigenvalue weighted by Crippen LogP contribution is -2.36. The van der Waals surface area contributed by atoms with Gasteiger partial charge in [0.15, 0.2) is 11.9 Å². The predicted molar refractivity (Wildman–Crippen MR) is 121 cm³/mol. The summed E-state index contributed by atoms with van der Waals surface area (Å²) in [7, 11) is 3.55. The lowest BCUT2D eigenvalue weighted by Gasteiger charge is -2.30. The zero-order valence-corrected chi connectivity index (χ0v) is 18.9. The van der Waals surface area contributed by atoms with Gasteiger partial charge in [-0.15, -0.1) is 0 Å². The Bertz CT molecular complexity index is 1010. The highest BCUT2D eigenvalue weighted by Crippen LogP contribution is 2.40. The van der Waals surface area contributed by atoms with Crippen molar-refractivity contribution in [2.24, 2.45) is 7.05 Å². The number of ether oxygens (including phenoxy) is 1. The molecule has 0 amide bonds. The maximum atomic E-state index is 11.0. The number of aromatic nitrogens is 3. The SMILES string of the molecule is COc1nc(N2CCC(O)CC2)ccc1[N+]1=Cc2c(c(C3CCCCC3)nn2C)N(O)C1. The molecule has 5 rings (SSSR count). The van der Waals surface area contributed by atoms with Crippen molar-refractivity contribution in [3.05, 3.63) is 23.5 Å². The summed E-state index contributed by atoms with van der Waals surface area (Å²) in [4.78, 5) is 6.91. The van der Waals surface area contributed by atoms with E-state index >= 15 is 0 Å². The molecule has 9 heteroatoms. The number of methoxy groups -OCH3 is 1. The van der Waals surface area contributed by atoms with Crippen LogP contribution in [0.25, 0.3) is 0 Å². The molecule has 2 aliphatic heterocycles. The highest BCUT2D eigenvalue weighted by Gasteiger charge is 2.35. The first-order valence-corrected chi connectivity index (χ1v) is 11.7. The van der Waals surface area contributed by atoms with Crippen LogP contribution in [0, 0.1) is 0 Å². The Labute approximate surface area is 188 Å². The van der Waals surface area contributed by atoms with Crippen LogP contribution in [0.15, 0.2) is 12.1 Å². The van der Waals surface area contributed by atoms with E-state index in [-0.39, 0.29) is 12.8 Å². The van der Waals surface area contributed by atoms with Crippen LogP contribution in [-0.4, -0.2) is 68.8 Å². The maximum absolute atomic E-state index is 11.0. The van der Waals surface area contributed by atoms with E-state index in [2.05, 4.69) is 4.90 Å². The van der Waals surface area contributed by atoms with E-state index in [4.69, 9.17) is 14.8 Å². The molecule has 1 saturated carbocycles. The van der Waals surface area contributed by atoms with Gasteiger partial charge >= 0.3 is 0 Å². The van der Waals surface area contributed by atoms with Gasteiger partial charge in [0.1, 0.15) is 11.5 Å². The smallest absolute Gasteiger partial charge is 0.289 e. The van der Waals surface area contributed by atoms with Crippen LogP contribution >= 0.6 is 0 Å². The van der Waals surface area contributed by atoms with Crippen LogP contribution in [0.1, 0.15) is 62.3 Å². The molecule has 0 spiro atoms. The number of rotatable bonds is 4. The fourth-order valence-corrected chi connectivity index (χ4v) is 5.22. The topological polar surface area (TPSA) is 89.9 Å². The first kappa shape index (κ1) is 21.2. The molecule has 0 unspecified atom stereocenters. The largest absolute Gasteiger partial charge is 0.476 e. The highest BCUT2D eigenvalue weighted by molar-refractivity contribution is 5.86. The molecule has 2 aromatic rings. The summed E-state index contributed by atoms with van der Waals surface area (Å²) in [6, 6.07) is 3.97. The third-order valence-corrected chi connectivity index (χ3v) is 7.02. The van der Waals surface area contributed by atoms with Crippen molar-refractivity contribution in [3.8, 4) is 5.88 Å². The minimum absolute atomic E-state index is 0.225. The van der Waals surface area contributed by atoms with Gasteiger partial charge in [0.25, 0.3) is 11.6 Å². The zero-order valence-electron chi connectivity index (χ0n) is 18.9. The molecule has 0 atom stereocenters. The van der Waals surface area contributed by atoms with Crippen LogP contribution in [0.2, 0.25) is 0 Å². The maximum Gasteiger partial charge on any atom is 0.289 e. The van der Waals surface area contributed by atoms with Crippen LogP contribution in [0.3, 0.4) is 0 Å². The summed E-state index contributed by atoms with van der Waals surface area (Å²) in [5.41, 5.74) is 3.51. The number of hydrogen-bond acceptors (Lipinski definition) is 7. The van der Waals surface area contributed by atoms with E-state index in [0.29, 0.717) is 11.8 Å². The second-order valence-electron chi connectivity index (χ2n) is 9.13. The summed E-state index contributed by atoms with van der Waals surface area (Å²) in [6.07, 6.45) is 9.30. The molecule has 2 N–H and O–H groups in total. The van der Waals surface area contributed by atoms with Crippen molar-refractivity contribution < 1.29 is 19.6 Å². The summed E-state index contributed by atoms with van der Waals surface area (Å²) in [6.45, 7) is 1.84. The number of nitrogens with zero attached hydrogens (tertiary/aromatic N) is 6. The Morgan fingerprint density at radius 3 is 2.56 bits per heavy atom. The second kappa shape index (κ2) is 8.71. The summed E-state index contributed by atoms with van der Waals surface area (Å²) in [5.74, 6) is 1.76. The molecule has 0 radical (unpaired) electrons. The molecule has 2 fully saturated rings. The van der Waals surface area contributed by atoms with Crippen LogP contribution in [-0.2, 0) is 7.05 Å². The first-order chi connectivity index (χ1) is 15.5. The van der Waals surface area contributed by atoms with Crippen LogP contribution in [0.5, 0.6) is 5.88 Å². The van der Waals surface area contributed by atoms with Gasteiger partial charge in [-0.1, -0.05) is 19.3 Å². The normalized spacial score (nSPS) is 20.3. The first-order valence-electron chi connectivity index (χ1n) is 11.7. The van der Waals surface area contributed by atoms with Crippen molar-refractivity contribution >= 4 is 23.4 Å². The summed E-state index contributed by atoms with van der Waals surface area (Å²) >= 11 is 0. The molecule has 1 aliphatic carbocycles. The van der Waals surface area contributed by atoms with Crippen molar-refractivity contribution in [2.75, 3.05) is 36.8 Å². The third-order valence-electron chi connectivity index (χ3n) is 7.02. The Hall–Kier alpha value is -2.65. The fraction of sp³-hybridized carbons (Fsp3) is 0.609. The second-order valence-corrected chi connectivity index (χ2v) is 9.13. The molecule has 3 aliphatic rings. The van der Waals surface area contributed by atoms with Crippen molar-refractivity contribution in [3.63, 3.8) is 0 Å². The molecule has 32 heavy (non-hydrogen) atoms. The van der Waals surface area contributed by atoms with Gasteiger partial charge in [-0.25, -0.2) is 0 Å². The minimum Gasteiger partial charge on any atom is -0.476 e. The number of pyridine rings is 1. The Morgan fingerprint density at radius 2 is 1.84 bits per heavy atom. The third kappa shape index (κ3) is 3.84. The van der Waals surface area contributed by atoms with Gasteiger partial charge < -0.3 is 14.7 Å². The number of aliphatic hydroxyl groups is 1. The standard InChI is InChI=1S/C23H33N6O3/c1-26-19-14-28(15-29(31)22(19)21(25-26)16-6-4-3-5-7-16)18-8-9-20(24-23(18)32-2)27-12-10-17(30)11-13-27/h8-9,14,16-17,30-31H,3-7,10-13,15H2,1-2H3/q+1. The minimum atomic E-state index is -0.225. The number of anilines is 2. The average molecular weight is 442 g/mol. The van der Waals surface area contributed by atoms with Gasteiger partial charge in [-0.05, 0) is 31.7 Å². The number of aliphatic hydroxyl groups excluding tert-OH is 1. The van der Waals surface area contributed by atoms with E-state index in [1.165, 1.54) is 24.3 Å². The zero-order chi connectivity index (χ0) is 22.2. The molecule has 0 aromatic carbocycles. The molecular formula is C23H33N6O3+. The van der Waals surface area contributed by atoms with Gasteiger partial charge in [0.05, 0.1) is 18.9 Å². The van der Waals surface area contributed by atoms with E-state index in [9.17, 15) is 10.3 Å². The molecule has 2 aromatic heterocycles. The highest BCUT2D eigenvalue weighted by atomic mass is 16.5. The Balaban J connectivity index is 1.47. The number of hydrogen-bond donors (Lipinski definition) is 2. The number of fused-ring (bicyclic) bond motifs is 1.